The number of amides is 2. The van der Waals surface area contributed by atoms with Crippen molar-refractivity contribution in [3.63, 3.8) is 0 Å². The highest BCUT2D eigenvalue weighted by atomic mass is 32.2. The van der Waals surface area contributed by atoms with Crippen molar-refractivity contribution in [1.29, 1.82) is 0 Å². The summed E-state index contributed by atoms with van der Waals surface area (Å²) in [6.45, 7) is 2.08. The third-order valence-electron chi connectivity index (χ3n) is 4.70. The molecule has 130 valence electrons. The highest BCUT2D eigenvalue weighted by Gasteiger charge is 2.31. The molecule has 2 aliphatic heterocycles. The van der Waals surface area contributed by atoms with Crippen LogP contribution in [0.4, 0.5) is 0 Å². The molecule has 1 N–H and O–H groups in total. The van der Waals surface area contributed by atoms with Gasteiger partial charge in [-0.05, 0) is 0 Å². The van der Waals surface area contributed by atoms with Crippen molar-refractivity contribution in [2.24, 2.45) is 0 Å². The quantitative estimate of drug-likeness (QED) is 0.911. The van der Waals surface area contributed by atoms with Gasteiger partial charge >= 0.3 is 0 Å². The van der Waals surface area contributed by atoms with Crippen molar-refractivity contribution in [2.45, 2.75) is 12.5 Å². The monoisotopic (exact) mass is 356 g/mol. The van der Waals surface area contributed by atoms with E-state index in [2.05, 4.69) is 10.3 Å². The summed E-state index contributed by atoms with van der Waals surface area (Å²) in [5.41, 5.74) is 1.48. The molecule has 1 saturated heterocycles. The summed E-state index contributed by atoms with van der Waals surface area (Å²) < 4.78 is 1.94. The summed E-state index contributed by atoms with van der Waals surface area (Å²) in [5, 5.41) is 2.89. The first-order chi connectivity index (χ1) is 12.2. The SMILES string of the molecule is O=C1NCC(CC(=O)N2CCSCC2)n2c1cnc2-c1ccccc1. The minimum atomic E-state index is -0.132. The molecule has 4 rings (SSSR count). The third-order valence-corrected chi connectivity index (χ3v) is 5.64. The second kappa shape index (κ2) is 6.92. The topological polar surface area (TPSA) is 67.2 Å². The Bertz CT molecular complexity index is 784. The Morgan fingerprint density at radius 2 is 2.00 bits per heavy atom. The maximum Gasteiger partial charge on any atom is 0.269 e. The Labute approximate surface area is 150 Å². The van der Waals surface area contributed by atoms with Crippen LogP contribution in [0.1, 0.15) is 23.0 Å². The molecule has 0 aliphatic carbocycles. The van der Waals surface area contributed by atoms with E-state index in [1.54, 1.807) is 6.20 Å². The molecule has 2 aliphatic rings. The lowest BCUT2D eigenvalue weighted by atomic mass is 10.1. The fourth-order valence-electron chi connectivity index (χ4n) is 3.40. The van der Waals surface area contributed by atoms with E-state index in [-0.39, 0.29) is 17.9 Å². The number of benzene rings is 1. The molecule has 0 radical (unpaired) electrons. The molecular formula is C18H20N4O2S. The molecule has 1 aromatic heterocycles. The van der Waals surface area contributed by atoms with Gasteiger partial charge in [0, 0.05) is 43.1 Å². The van der Waals surface area contributed by atoms with Crippen molar-refractivity contribution in [3.8, 4) is 11.4 Å². The lowest BCUT2D eigenvalue weighted by Crippen LogP contribution is -2.43. The molecule has 1 atom stereocenters. The van der Waals surface area contributed by atoms with Gasteiger partial charge in [-0.2, -0.15) is 11.8 Å². The van der Waals surface area contributed by atoms with Crippen molar-refractivity contribution >= 4 is 23.6 Å². The number of hydrogen-bond acceptors (Lipinski definition) is 4. The highest BCUT2D eigenvalue weighted by molar-refractivity contribution is 7.99. The van der Waals surface area contributed by atoms with Crippen LogP contribution in [0.2, 0.25) is 0 Å². The molecule has 2 amide bonds. The van der Waals surface area contributed by atoms with Crippen LogP contribution in [0.3, 0.4) is 0 Å². The van der Waals surface area contributed by atoms with Crippen LogP contribution >= 0.6 is 11.8 Å². The van der Waals surface area contributed by atoms with Crippen molar-refractivity contribution in [2.75, 3.05) is 31.1 Å². The van der Waals surface area contributed by atoms with Crippen molar-refractivity contribution in [3.05, 3.63) is 42.2 Å². The van der Waals surface area contributed by atoms with Gasteiger partial charge in [-0.3, -0.25) is 9.59 Å². The van der Waals surface area contributed by atoms with E-state index in [1.807, 2.05) is 51.6 Å². The molecule has 2 aromatic rings. The van der Waals surface area contributed by atoms with Crippen molar-refractivity contribution in [1.82, 2.24) is 19.8 Å². The predicted molar refractivity (Wildman–Crippen MR) is 97.6 cm³/mol. The summed E-state index contributed by atoms with van der Waals surface area (Å²) in [6, 6.07) is 9.70. The molecule has 7 heteroatoms. The second-order valence-corrected chi connectivity index (χ2v) is 7.49. The van der Waals surface area contributed by atoms with Gasteiger partial charge in [0.15, 0.2) is 0 Å². The van der Waals surface area contributed by atoms with Crippen LogP contribution in [0.25, 0.3) is 11.4 Å². The Morgan fingerprint density at radius 3 is 2.76 bits per heavy atom. The molecule has 3 heterocycles. The number of nitrogens with zero attached hydrogens (tertiary/aromatic N) is 3. The maximum atomic E-state index is 12.7. The summed E-state index contributed by atoms with van der Waals surface area (Å²) in [4.78, 5) is 31.3. The van der Waals surface area contributed by atoms with Gasteiger partial charge in [0.05, 0.1) is 12.2 Å². The number of aromatic nitrogens is 2. The van der Waals surface area contributed by atoms with Crippen LogP contribution in [0.15, 0.2) is 36.5 Å². The average Bonchev–Trinajstić information content (AvgIpc) is 3.12. The zero-order valence-electron chi connectivity index (χ0n) is 13.9. The van der Waals surface area contributed by atoms with Gasteiger partial charge in [-0.15, -0.1) is 0 Å². The second-order valence-electron chi connectivity index (χ2n) is 6.26. The fraction of sp³-hybridized carbons (Fsp3) is 0.389. The minimum Gasteiger partial charge on any atom is -0.349 e. The first kappa shape index (κ1) is 16.2. The molecule has 1 fully saturated rings. The van der Waals surface area contributed by atoms with Crippen LogP contribution < -0.4 is 5.32 Å². The van der Waals surface area contributed by atoms with Gasteiger partial charge < -0.3 is 14.8 Å². The molecule has 1 unspecified atom stereocenters. The van der Waals surface area contributed by atoms with Gasteiger partial charge in [-0.25, -0.2) is 4.98 Å². The van der Waals surface area contributed by atoms with Crippen LogP contribution in [-0.2, 0) is 4.79 Å². The Hall–Kier alpha value is -2.28. The normalized spacial score (nSPS) is 20.1. The van der Waals surface area contributed by atoms with E-state index in [0.29, 0.717) is 18.7 Å². The number of carbonyl (C=O) groups is 2. The Kier molecular flexibility index (Phi) is 4.48. The number of rotatable bonds is 3. The van der Waals surface area contributed by atoms with E-state index in [1.165, 1.54) is 0 Å². The molecule has 6 nitrogen and oxygen atoms in total. The molecule has 0 bridgehead atoms. The summed E-state index contributed by atoms with van der Waals surface area (Å²) >= 11 is 1.89. The molecular weight excluding hydrogens is 336 g/mol. The predicted octanol–water partition coefficient (Wildman–Crippen LogP) is 1.80. The largest absolute Gasteiger partial charge is 0.349 e. The number of hydrogen-bond donors (Lipinski definition) is 1. The van der Waals surface area contributed by atoms with Gasteiger partial charge in [0.2, 0.25) is 5.91 Å². The van der Waals surface area contributed by atoms with E-state index in [0.717, 1.165) is 36.0 Å². The summed E-state index contributed by atoms with van der Waals surface area (Å²) in [7, 11) is 0. The zero-order chi connectivity index (χ0) is 17.2. The molecule has 1 aromatic carbocycles. The lowest BCUT2D eigenvalue weighted by Gasteiger charge is -2.31. The van der Waals surface area contributed by atoms with Gasteiger partial charge in [0.25, 0.3) is 5.91 Å². The lowest BCUT2D eigenvalue weighted by molar-refractivity contribution is -0.131. The van der Waals surface area contributed by atoms with Crippen LogP contribution in [0.5, 0.6) is 0 Å². The number of imidazole rings is 1. The standard InChI is InChI=1S/C18H20N4O2S/c23-16(21-6-8-25-9-7-21)10-14-11-20-18(24)15-12-19-17(22(14)15)13-4-2-1-3-5-13/h1-5,12,14H,6-11H2,(H,20,24). The number of thioether (sulfide) groups is 1. The smallest absolute Gasteiger partial charge is 0.269 e. The number of carbonyl (C=O) groups excluding carboxylic acids is 2. The number of fused-ring (bicyclic) bond motifs is 1. The van der Waals surface area contributed by atoms with E-state index < -0.39 is 0 Å². The van der Waals surface area contributed by atoms with Gasteiger partial charge in [0.1, 0.15) is 11.5 Å². The first-order valence-electron chi connectivity index (χ1n) is 8.50. The zero-order valence-corrected chi connectivity index (χ0v) is 14.7. The van der Waals surface area contributed by atoms with Crippen LogP contribution in [0, 0.1) is 0 Å². The van der Waals surface area contributed by atoms with Crippen LogP contribution in [-0.4, -0.2) is 57.4 Å². The third kappa shape index (κ3) is 3.16. The van der Waals surface area contributed by atoms with E-state index >= 15 is 0 Å². The van der Waals surface area contributed by atoms with E-state index in [4.69, 9.17) is 0 Å². The number of nitrogens with one attached hydrogen (secondary N) is 1. The Morgan fingerprint density at radius 1 is 1.24 bits per heavy atom. The molecule has 25 heavy (non-hydrogen) atoms. The minimum absolute atomic E-state index is 0.104. The average molecular weight is 356 g/mol. The molecule has 0 saturated carbocycles. The van der Waals surface area contributed by atoms with E-state index in [9.17, 15) is 9.59 Å². The Balaban J connectivity index is 1.63. The highest BCUT2D eigenvalue weighted by Crippen LogP contribution is 2.28. The summed E-state index contributed by atoms with van der Waals surface area (Å²) in [6.07, 6.45) is 1.99. The molecule has 0 spiro atoms. The summed E-state index contributed by atoms with van der Waals surface area (Å²) in [5.74, 6) is 2.77. The van der Waals surface area contributed by atoms with Gasteiger partial charge in [-0.1, -0.05) is 30.3 Å². The fourth-order valence-corrected chi connectivity index (χ4v) is 4.30. The first-order valence-corrected chi connectivity index (χ1v) is 9.66. The van der Waals surface area contributed by atoms with Crippen molar-refractivity contribution < 1.29 is 9.59 Å². The maximum absolute atomic E-state index is 12.7.